The number of rotatable bonds is 3. The molecule has 0 heterocycles. The van der Waals surface area contributed by atoms with E-state index in [9.17, 15) is 14.9 Å². The van der Waals surface area contributed by atoms with Gasteiger partial charge >= 0.3 is 6.16 Å². The van der Waals surface area contributed by atoms with E-state index in [-0.39, 0.29) is 5.69 Å². The van der Waals surface area contributed by atoms with Crippen molar-refractivity contribution >= 4 is 11.8 Å². The Morgan fingerprint density at radius 1 is 1.47 bits per heavy atom. The van der Waals surface area contributed by atoms with E-state index < -0.39 is 17.2 Å². The van der Waals surface area contributed by atoms with E-state index in [0.29, 0.717) is 5.56 Å². The minimum atomic E-state index is -1.15. The molecule has 1 atom stereocenters. The number of non-ortho nitro benzene ring substituents is 1. The molecule has 88 valence electrons. The van der Waals surface area contributed by atoms with Gasteiger partial charge in [-0.2, -0.15) is 5.26 Å². The van der Waals surface area contributed by atoms with Gasteiger partial charge in [0.1, 0.15) is 6.07 Å². The molecule has 0 saturated heterocycles. The summed E-state index contributed by atoms with van der Waals surface area (Å²) in [5.41, 5.74) is 0.229. The third kappa shape index (κ3) is 3.17. The molecule has 0 radical (unpaired) electrons. The maximum Gasteiger partial charge on any atom is 0.509 e. The minimum absolute atomic E-state index is 0.108. The quantitative estimate of drug-likeness (QED) is 0.451. The first kappa shape index (κ1) is 12.4. The van der Waals surface area contributed by atoms with Crippen LogP contribution in [0.1, 0.15) is 11.7 Å². The maximum atomic E-state index is 10.8. The summed E-state index contributed by atoms with van der Waals surface area (Å²) in [6.45, 7) is 0. The first-order valence-electron chi connectivity index (χ1n) is 4.47. The molecule has 1 aromatic rings. The molecule has 0 aliphatic rings. The highest BCUT2D eigenvalue weighted by atomic mass is 16.7. The molecule has 0 unspecified atom stereocenters. The molecular formula is C10H8N2O5. The van der Waals surface area contributed by atoms with Crippen LogP contribution in [0.15, 0.2) is 24.3 Å². The van der Waals surface area contributed by atoms with E-state index in [0.717, 1.165) is 7.11 Å². The normalized spacial score (nSPS) is 11.1. The van der Waals surface area contributed by atoms with E-state index >= 15 is 0 Å². The molecule has 7 nitrogen and oxygen atoms in total. The second-order valence-electron chi connectivity index (χ2n) is 2.93. The Balaban J connectivity index is 2.87. The van der Waals surface area contributed by atoms with Crippen molar-refractivity contribution in [1.29, 1.82) is 5.26 Å². The summed E-state index contributed by atoms with van der Waals surface area (Å²) in [5, 5.41) is 19.2. The lowest BCUT2D eigenvalue weighted by Crippen LogP contribution is -2.09. The molecule has 0 aliphatic heterocycles. The molecule has 1 aromatic carbocycles. The fourth-order valence-corrected chi connectivity index (χ4v) is 1.08. The Bertz CT molecular complexity index is 463. The average Bonchev–Trinajstić information content (AvgIpc) is 2.35. The van der Waals surface area contributed by atoms with Gasteiger partial charge in [-0.25, -0.2) is 4.79 Å². The molecule has 0 fully saturated rings. The van der Waals surface area contributed by atoms with Gasteiger partial charge < -0.3 is 9.47 Å². The second-order valence-corrected chi connectivity index (χ2v) is 2.93. The average molecular weight is 236 g/mol. The van der Waals surface area contributed by atoms with Crippen molar-refractivity contribution in [3.8, 4) is 6.07 Å². The SMILES string of the molecule is COC(=O)O[C@@H](C#N)c1ccc([N+](=O)[O-])cc1. The predicted octanol–water partition coefficient (Wildman–Crippen LogP) is 1.94. The van der Waals surface area contributed by atoms with Crippen molar-refractivity contribution < 1.29 is 19.2 Å². The monoisotopic (exact) mass is 236 g/mol. The Kier molecular flexibility index (Phi) is 4.00. The standard InChI is InChI=1S/C10H8N2O5/c1-16-10(13)17-9(6-11)7-2-4-8(5-3-7)12(14)15/h2-5,9H,1H3/t9-/m0/s1. The van der Waals surface area contributed by atoms with Crippen LogP contribution in [0.25, 0.3) is 0 Å². The highest BCUT2D eigenvalue weighted by molar-refractivity contribution is 5.60. The van der Waals surface area contributed by atoms with Gasteiger partial charge in [0.05, 0.1) is 12.0 Å². The van der Waals surface area contributed by atoms with E-state index in [1.807, 2.05) is 0 Å². The number of methoxy groups -OCH3 is 1. The van der Waals surface area contributed by atoms with Gasteiger partial charge in [0, 0.05) is 17.7 Å². The number of carbonyl (C=O) groups excluding carboxylic acids is 1. The summed E-state index contributed by atoms with van der Waals surface area (Å²) in [7, 11) is 1.12. The maximum absolute atomic E-state index is 10.8. The van der Waals surface area contributed by atoms with Crippen molar-refractivity contribution in [3.63, 3.8) is 0 Å². The van der Waals surface area contributed by atoms with Crippen LogP contribution in [0.3, 0.4) is 0 Å². The summed E-state index contributed by atoms with van der Waals surface area (Å²) in [4.78, 5) is 20.7. The molecule has 0 spiro atoms. The van der Waals surface area contributed by atoms with Crippen molar-refractivity contribution in [2.24, 2.45) is 0 Å². The first-order chi connectivity index (χ1) is 8.08. The lowest BCUT2D eigenvalue weighted by atomic mass is 10.1. The molecule has 0 saturated carbocycles. The van der Waals surface area contributed by atoms with E-state index in [2.05, 4.69) is 9.47 Å². The van der Waals surface area contributed by atoms with Crippen LogP contribution in [0, 0.1) is 21.4 Å². The molecule has 0 amide bonds. The van der Waals surface area contributed by atoms with Gasteiger partial charge in [-0.05, 0) is 12.1 Å². The van der Waals surface area contributed by atoms with Crippen molar-refractivity contribution in [1.82, 2.24) is 0 Å². The number of nitro groups is 1. The number of nitrogens with zero attached hydrogens (tertiary/aromatic N) is 2. The Morgan fingerprint density at radius 2 is 2.06 bits per heavy atom. The number of nitro benzene ring substituents is 1. The lowest BCUT2D eigenvalue weighted by Gasteiger charge is -2.09. The summed E-state index contributed by atoms with van der Waals surface area (Å²) < 4.78 is 8.89. The molecule has 0 N–H and O–H groups in total. The number of carbonyl (C=O) groups is 1. The van der Waals surface area contributed by atoms with Crippen molar-refractivity contribution in [3.05, 3.63) is 39.9 Å². The van der Waals surface area contributed by atoms with Crippen LogP contribution in [0.2, 0.25) is 0 Å². The highest BCUT2D eigenvalue weighted by Gasteiger charge is 2.17. The van der Waals surface area contributed by atoms with Crippen LogP contribution in [-0.2, 0) is 9.47 Å². The van der Waals surface area contributed by atoms with E-state index in [1.54, 1.807) is 6.07 Å². The summed E-state index contributed by atoms with van der Waals surface area (Å²) >= 11 is 0. The zero-order chi connectivity index (χ0) is 12.8. The van der Waals surface area contributed by atoms with Crippen molar-refractivity contribution in [2.75, 3.05) is 7.11 Å². The number of nitriles is 1. The van der Waals surface area contributed by atoms with Gasteiger partial charge in [-0.1, -0.05) is 0 Å². The Morgan fingerprint density at radius 3 is 2.47 bits per heavy atom. The topological polar surface area (TPSA) is 102 Å². The number of hydrogen-bond donors (Lipinski definition) is 0. The summed E-state index contributed by atoms with van der Waals surface area (Å²) in [5.74, 6) is 0. The summed E-state index contributed by atoms with van der Waals surface area (Å²) in [6.07, 6.45) is -2.14. The first-order valence-corrected chi connectivity index (χ1v) is 4.47. The van der Waals surface area contributed by atoms with E-state index in [4.69, 9.17) is 5.26 Å². The summed E-state index contributed by atoms with van der Waals surface area (Å²) in [6, 6.07) is 6.87. The van der Waals surface area contributed by atoms with Gasteiger partial charge in [-0.15, -0.1) is 0 Å². The van der Waals surface area contributed by atoms with E-state index in [1.165, 1.54) is 24.3 Å². The van der Waals surface area contributed by atoms with Crippen LogP contribution >= 0.6 is 0 Å². The second kappa shape index (κ2) is 5.46. The molecule has 17 heavy (non-hydrogen) atoms. The third-order valence-corrected chi connectivity index (χ3v) is 1.90. The molecule has 0 aromatic heterocycles. The van der Waals surface area contributed by atoms with Gasteiger partial charge in [0.15, 0.2) is 0 Å². The zero-order valence-corrected chi connectivity index (χ0v) is 8.82. The van der Waals surface area contributed by atoms with Crippen LogP contribution in [-0.4, -0.2) is 18.2 Å². The smallest absolute Gasteiger partial charge is 0.438 e. The molecule has 1 rings (SSSR count). The number of hydrogen-bond acceptors (Lipinski definition) is 6. The third-order valence-electron chi connectivity index (χ3n) is 1.90. The highest BCUT2D eigenvalue weighted by Crippen LogP contribution is 2.20. The number of benzene rings is 1. The molecular weight excluding hydrogens is 228 g/mol. The van der Waals surface area contributed by atoms with Crippen molar-refractivity contribution in [2.45, 2.75) is 6.10 Å². The Hall–Kier alpha value is -2.62. The number of ether oxygens (including phenoxy) is 2. The van der Waals surface area contributed by atoms with Gasteiger partial charge in [0.2, 0.25) is 6.10 Å². The zero-order valence-electron chi connectivity index (χ0n) is 8.82. The predicted molar refractivity (Wildman–Crippen MR) is 54.9 cm³/mol. The van der Waals surface area contributed by atoms with Gasteiger partial charge in [0.25, 0.3) is 5.69 Å². The largest absolute Gasteiger partial charge is 0.509 e. The van der Waals surface area contributed by atoms with Gasteiger partial charge in [-0.3, -0.25) is 10.1 Å². The fourth-order valence-electron chi connectivity index (χ4n) is 1.08. The lowest BCUT2D eigenvalue weighted by molar-refractivity contribution is -0.384. The van der Waals surface area contributed by atoms with Crippen LogP contribution < -0.4 is 0 Å². The molecule has 7 heteroatoms. The fraction of sp³-hybridized carbons (Fsp3) is 0.200. The van der Waals surface area contributed by atoms with Crippen LogP contribution in [0.4, 0.5) is 10.5 Å². The molecule has 0 aliphatic carbocycles. The van der Waals surface area contributed by atoms with Crippen LogP contribution in [0.5, 0.6) is 0 Å². The minimum Gasteiger partial charge on any atom is -0.438 e. The Labute approximate surface area is 96.3 Å². The molecule has 0 bridgehead atoms.